The lowest BCUT2D eigenvalue weighted by molar-refractivity contribution is -0.137. The van der Waals surface area contributed by atoms with Gasteiger partial charge in [-0.1, -0.05) is 19.1 Å². The average Bonchev–Trinajstić information content (AvgIpc) is 2.63. The van der Waals surface area contributed by atoms with Crippen molar-refractivity contribution in [3.63, 3.8) is 0 Å². The van der Waals surface area contributed by atoms with Crippen LogP contribution in [0.4, 0.5) is 13.2 Å². The molecule has 29 heavy (non-hydrogen) atoms. The largest absolute Gasteiger partial charge is 0.416 e. The van der Waals surface area contributed by atoms with Crippen LogP contribution in [-0.2, 0) is 22.8 Å². The molecule has 9 heteroatoms. The SMILES string of the molecule is CCC(C)N(Cc1cccc(OS(C)(=O)=O)c1)C(=O)c1ccc(C(F)(F)F)cc1. The van der Waals surface area contributed by atoms with E-state index in [1.165, 1.54) is 17.0 Å². The summed E-state index contributed by atoms with van der Waals surface area (Å²) in [6, 6.07) is 10.2. The van der Waals surface area contributed by atoms with Crippen molar-refractivity contribution in [2.75, 3.05) is 6.26 Å². The summed E-state index contributed by atoms with van der Waals surface area (Å²) in [4.78, 5) is 14.5. The van der Waals surface area contributed by atoms with Gasteiger partial charge in [-0.15, -0.1) is 0 Å². The van der Waals surface area contributed by atoms with Gasteiger partial charge in [-0.3, -0.25) is 4.79 Å². The molecular weight excluding hydrogens is 407 g/mol. The van der Waals surface area contributed by atoms with E-state index in [0.29, 0.717) is 12.0 Å². The smallest absolute Gasteiger partial charge is 0.383 e. The van der Waals surface area contributed by atoms with Crippen LogP contribution in [0, 0.1) is 0 Å². The average molecular weight is 429 g/mol. The van der Waals surface area contributed by atoms with Crippen molar-refractivity contribution >= 4 is 16.0 Å². The minimum Gasteiger partial charge on any atom is -0.383 e. The molecule has 5 nitrogen and oxygen atoms in total. The molecular formula is C20H22F3NO4S. The van der Waals surface area contributed by atoms with E-state index in [2.05, 4.69) is 0 Å². The third-order valence-corrected chi connectivity index (χ3v) is 4.84. The minimum absolute atomic E-state index is 0.121. The summed E-state index contributed by atoms with van der Waals surface area (Å²) in [7, 11) is -3.69. The Hall–Kier alpha value is -2.55. The Morgan fingerprint density at radius 2 is 1.76 bits per heavy atom. The van der Waals surface area contributed by atoms with Gasteiger partial charge in [0.05, 0.1) is 11.8 Å². The Morgan fingerprint density at radius 3 is 2.28 bits per heavy atom. The Balaban J connectivity index is 2.28. The van der Waals surface area contributed by atoms with E-state index in [1.807, 2.05) is 13.8 Å². The normalized spacial score (nSPS) is 13.0. The van der Waals surface area contributed by atoms with Crippen molar-refractivity contribution in [2.45, 2.75) is 39.0 Å². The Labute approximate surface area is 168 Å². The highest BCUT2D eigenvalue weighted by atomic mass is 32.2. The van der Waals surface area contributed by atoms with Crippen LogP contribution in [0.3, 0.4) is 0 Å². The second-order valence-electron chi connectivity index (χ2n) is 6.70. The van der Waals surface area contributed by atoms with Gasteiger partial charge < -0.3 is 9.08 Å². The zero-order valence-electron chi connectivity index (χ0n) is 16.2. The third-order valence-electron chi connectivity index (χ3n) is 4.34. The van der Waals surface area contributed by atoms with Crippen LogP contribution in [0.5, 0.6) is 5.75 Å². The lowest BCUT2D eigenvalue weighted by Crippen LogP contribution is -2.37. The highest BCUT2D eigenvalue weighted by molar-refractivity contribution is 7.86. The van der Waals surface area contributed by atoms with E-state index in [9.17, 15) is 26.4 Å². The lowest BCUT2D eigenvalue weighted by atomic mass is 10.1. The zero-order chi connectivity index (χ0) is 21.8. The number of hydrogen-bond donors (Lipinski definition) is 0. The minimum atomic E-state index is -4.47. The predicted molar refractivity (Wildman–Crippen MR) is 103 cm³/mol. The monoisotopic (exact) mass is 429 g/mol. The van der Waals surface area contributed by atoms with E-state index >= 15 is 0 Å². The number of amides is 1. The summed E-state index contributed by atoms with van der Waals surface area (Å²) < 4.78 is 65.8. The summed E-state index contributed by atoms with van der Waals surface area (Å²) in [5.41, 5.74) is -0.0525. The van der Waals surface area contributed by atoms with Gasteiger partial charge in [0.15, 0.2) is 0 Å². The van der Waals surface area contributed by atoms with Crippen LogP contribution in [0.2, 0.25) is 0 Å². The van der Waals surface area contributed by atoms with E-state index in [0.717, 1.165) is 30.5 Å². The van der Waals surface area contributed by atoms with E-state index in [1.54, 1.807) is 12.1 Å². The molecule has 158 valence electrons. The summed E-state index contributed by atoms with van der Waals surface area (Å²) >= 11 is 0. The molecule has 0 N–H and O–H groups in total. The number of rotatable bonds is 7. The van der Waals surface area contributed by atoms with Crippen molar-refractivity contribution in [3.8, 4) is 5.75 Å². The van der Waals surface area contributed by atoms with Gasteiger partial charge in [0.2, 0.25) is 0 Å². The molecule has 0 aromatic heterocycles. The second kappa shape index (κ2) is 8.86. The summed E-state index contributed by atoms with van der Waals surface area (Å²) in [6.07, 6.45) is -2.91. The predicted octanol–water partition coefficient (Wildman–Crippen LogP) is 4.48. The maximum Gasteiger partial charge on any atom is 0.416 e. The van der Waals surface area contributed by atoms with Gasteiger partial charge in [0, 0.05) is 18.2 Å². The zero-order valence-corrected chi connectivity index (χ0v) is 17.0. The van der Waals surface area contributed by atoms with Crippen LogP contribution in [-0.4, -0.2) is 31.5 Å². The van der Waals surface area contributed by atoms with Gasteiger partial charge in [-0.05, 0) is 55.3 Å². The lowest BCUT2D eigenvalue weighted by Gasteiger charge is -2.29. The number of benzene rings is 2. The Bertz CT molecular complexity index is 956. The number of alkyl halides is 3. The molecule has 0 heterocycles. The molecule has 1 atom stereocenters. The van der Waals surface area contributed by atoms with Gasteiger partial charge in [0.25, 0.3) is 5.91 Å². The number of nitrogens with zero attached hydrogens (tertiary/aromatic N) is 1. The van der Waals surface area contributed by atoms with Crippen LogP contribution in [0.15, 0.2) is 48.5 Å². The molecule has 2 aromatic rings. The molecule has 0 aliphatic carbocycles. The molecule has 1 unspecified atom stereocenters. The van der Waals surface area contributed by atoms with Crippen molar-refractivity contribution in [3.05, 3.63) is 65.2 Å². The fourth-order valence-corrected chi connectivity index (χ4v) is 3.14. The molecule has 0 saturated carbocycles. The van der Waals surface area contributed by atoms with Crippen molar-refractivity contribution in [1.82, 2.24) is 4.90 Å². The number of hydrogen-bond acceptors (Lipinski definition) is 4. The fourth-order valence-electron chi connectivity index (χ4n) is 2.68. The number of carbonyl (C=O) groups is 1. The van der Waals surface area contributed by atoms with Crippen molar-refractivity contribution in [2.24, 2.45) is 0 Å². The Morgan fingerprint density at radius 1 is 1.14 bits per heavy atom. The molecule has 0 fully saturated rings. The highest BCUT2D eigenvalue weighted by Crippen LogP contribution is 2.29. The fraction of sp³-hybridized carbons (Fsp3) is 0.350. The van der Waals surface area contributed by atoms with Crippen molar-refractivity contribution in [1.29, 1.82) is 0 Å². The first kappa shape index (κ1) is 22.7. The first-order chi connectivity index (χ1) is 13.4. The molecule has 2 aromatic carbocycles. The van der Waals surface area contributed by atoms with Gasteiger partial charge >= 0.3 is 16.3 Å². The molecule has 2 rings (SSSR count). The Kier molecular flexibility index (Phi) is 6.94. The van der Waals surface area contributed by atoms with Crippen molar-refractivity contribution < 1.29 is 30.6 Å². The van der Waals surface area contributed by atoms with E-state index in [4.69, 9.17) is 4.18 Å². The molecule has 0 bridgehead atoms. The summed E-state index contributed by atoms with van der Waals surface area (Å²) in [6.45, 7) is 3.87. The maximum atomic E-state index is 12.9. The molecule has 0 saturated heterocycles. The molecule has 0 spiro atoms. The van der Waals surface area contributed by atoms with E-state index in [-0.39, 0.29) is 23.9 Å². The molecule has 0 aliphatic heterocycles. The van der Waals surface area contributed by atoms with E-state index < -0.39 is 27.8 Å². The summed E-state index contributed by atoms with van der Waals surface area (Å²) in [5, 5.41) is 0. The van der Waals surface area contributed by atoms with Gasteiger partial charge in [-0.2, -0.15) is 21.6 Å². The van der Waals surface area contributed by atoms with Crippen LogP contribution < -0.4 is 4.18 Å². The van der Waals surface area contributed by atoms with Gasteiger partial charge in [0.1, 0.15) is 5.75 Å². The second-order valence-corrected chi connectivity index (χ2v) is 8.28. The van der Waals surface area contributed by atoms with Gasteiger partial charge in [-0.25, -0.2) is 0 Å². The number of carbonyl (C=O) groups excluding carboxylic acids is 1. The standard InChI is InChI=1S/C20H22F3NO4S/c1-4-14(2)24(13-15-6-5-7-18(12-15)28-29(3,26)27)19(25)16-8-10-17(11-9-16)20(21,22)23/h5-12,14H,4,13H2,1-3H3. The molecule has 0 radical (unpaired) electrons. The first-order valence-corrected chi connectivity index (χ1v) is 10.7. The first-order valence-electron chi connectivity index (χ1n) is 8.87. The van der Waals surface area contributed by atoms with Crippen LogP contribution in [0.1, 0.15) is 41.8 Å². The molecule has 1 amide bonds. The maximum absolute atomic E-state index is 12.9. The van der Waals surface area contributed by atoms with Crippen LogP contribution >= 0.6 is 0 Å². The number of halogens is 3. The molecule has 0 aliphatic rings. The third kappa shape index (κ3) is 6.49. The highest BCUT2D eigenvalue weighted by Gasteiger charge is 2.30. The van der Waals surface area contributed by atoms with Crippen LogP contribution in [0.25, 0.3) is 0 Å². The summed E-state index contributed by atoms with van der Waals surface area (Å²) in [5.74, 6) is -0.293. The topological polar surface area (TPSA) is 63.7 Å². The quantitative estimate of drug-likeness (QED) is 0.609.